The number of H-pyrrole nitrogens is 1. The quantitative estimate of drug-likeness (QED) is 0.457. The summed E-state index contributed by atoms with van der Waals surface area (Å²) in [5, 5.41) is 5.21. The second kappa shape index (κ2) is 11.8. The van der Waals surface area contributed by atoms with E-state index in [2.05, 4.69) is 59.1 Å². The van der Waals surface area contributed by atoms with E-state index in [1.54, 1.807) is 0 Å². The molecular weight excluding hydrogens is 456 g/mol. The lowest BCUT2D eigenvalue weighted by atomic mass is 10.0. The number of aromatic amines is 1. The SMILES string of the molecule is Cc1cc2cc(CN(CCCN3CCOCC3)C(=S)N[C@@H](C)c3ccccc3)c(=O)[nH]c2cc1C. The number of fused-ring (bicyclic) bond motifs is 1. The predicted octanol–water partition coefficient (Wildman–Crippen LogP) is 4.30. The number of rotatable bonds is 8. The molecule has 1 atom stereocenters. The maximum atomic E-state index is 13.0. The van der Waals surface area contributed by atoms with Gasteiger partial charge in [-0.15, -0.1) is 0 Å². The monoisotopic (exact) mass is 492 g/mol. The molecule has 1 aliphatic rings. The van der Waals surface area contributed by atoms with Crippen molar-refractivity contribution in [1.82, 2.24) is 20.1 Å². The molecule has 0 unspecified atom stereocenters. The molecule has 0 spiro atoms. The van der Waals surface area contributed by atoms with E-state index in [4.69, 9.17) is 17.0 Å². The van der Waals surface area contributed by atoms with Gasteiger partial charge in [0, 0.05) is 37.3 Å². The molecular formula is C28H36N4O2S. The van der Waals surface area contributed by atoms with Crippen molar-refractivity contribution in [2.24, 2.45) is 0 Å². The molecule has 2 heterocycles. The van der Waals surface area contributed by atoms with Crippen LogP contribution in [0.5, 0.6) is 0 Å². The van der Waals surface area contributed by atoms with Crippen molar-refractivity contribution < 1.29 is 4.74 Å². The third-order valence-corrected chi connectivity index (χ3v) is 7.21. The Labute approximate surface area is 213 Å². The van der Waals surface area contributed by atoms with Crippen molar-refractivity contribution >= 4 is 28.2 Å². The first kappa shape index (κ1) is 25.4. The van der Waals surface area contributed by atoms with Crippen LogP contribution in [0.25, 0.3) is 10.9 Å². The van der Waals surface area contributed by atoms with Gasteiger partial charge in [0.2, 0.25) is 0 Å². The zero-order valence-corrected chi connectivity index (χ0v) is 21.8. The Kier molecular flexibility index (Phi) is 8.55. The molecule has 4 rings (SSSR count). The van der Waals surface area contributed by atoms with Gasteiger partial charge in [0.25, 0.3) is 5.56 Å². The summed E-state index contributed by atoms with van der Waals surface area (Å²) in [5.74, 6) is 0. The molecule has 2 N–H and O–H groups in total. The normalized spacial score (nSPS) is 15.2. The summed E-state index contributed by atoms with van der Waals surface area (Å²) in [4.78, 5) is 20.6. The molecule has 7 heteroatoms. The summed E-state index contributed by atoms with van der Waals surface area (Å²) in [6, 6.07) is 16.6. The van der Waals surface area contributed by atoms with E-state index in [1.807, 2.05) is 30.3 Å². The number of hydrogen-bond acceptors (Lipinski definition) is 4. The highest BCUT2D eigenvalue weighted by Crippen LogP contribution is 2.18. The minimum Gasteiger partial charge on any atom is -0.379 e. The van der Waals surface area contributed by atoms with E-state index >= 15 is 0 Å². The summed E-state index contributed by atoms with van der Waals surface area (Å²) in [6.07, 6.45) is 0.964. The van der Waals surface area contributed by atoms with Crippen LogP contribution in [0.1, 0.15) is 41.6 Å². The topological polar surface area (TPSA) is 60.6 Å². The molecule has 0 aliphatic carbocycles. The molecule has 1 aromatic heterocycles. The molecule has 6 nitrogen and oxygen atoms in total. The van der Waals surface area contributed by atoms with Crippen LogP contribution in [0.15, 0.2) is 53.3 Å². The number of aryl methyl sites for hydroxylation is 2. The van der Waals surface area contributed by atoms with Crippen LogP contribution in [0, 0.1) is 13.8 Å². The lowest BCUT2D eigenvalue weighted by Crippen LogP contribution is -2.43. The van der Waals surface area contributed by atoms with Crippen molar-refractivity contribution in [3.05, 3.63) is 81.1 Å². The standard InChI is InChI=1S/C28H36N4O2S/c1-20-16-24-18-25(27(33)30-26(24)17-21(20)2)19-32(11-7-10-31-12-14-34-15-13-31)28(35)29-22(3)23-8-5-4-6-9-23/h4-6,8-9,16-18,22H,7,10-15,19H2,1-3H3,(H,29,35)(H,30,33)/t22-/m0/s1. The third kappa shape index (κ3) is 6.69. The fourth-order valence-electron chi connectivity index (χ4n) is 4.51. The lowest BCUT2D eigenvalue weighted by Gasteiger charge is -2.30. The first-order chi connectivity index (χ1) is 16.9. The number of pyridine rings is 1. The van der Waals surface area contributed by atoms with Crippen LogP contribution >= 0.6 is 12.2 Å². The fraction of sp³-hybridized carbons (Fsp3) is 0.429. The zero-order chi connectivity index (χ0) is 24.8. The Morgan fingerprint density at radius 1 is 1.14 bits per heavy atom. The largest absolute Gasteiger partial charge is 0.379 e. The molecule has 3 aromatic rings. The number of nitrogens with one attached hydrogen (secondary N) is 2. The third-order valence-electron chi connectivity index (χ3n) is 6.83. The van der Waals surface area contributed by atoms with Crippen LogP contribution in [0.2, 0.25) is 0 Å². The van der Waals surface area contributed by atoms with Crippen molar-refractivity contribution in [2.75, 3.05) is 39.4 Å². The first-order valence-electron chi connectivity index (χ1n) is 12.4. The Morgan fingerprint density at radius 2 is 1.86 bits per heavy atom. The Morgan fingerprint density at radius 3 is 2.60 bits per heavy atom. The van der Waals surface area contributed by atoms with Crippen LogP contribution in [0.3, 0.4) is 0 Å². The van der Waals surface area contributed by atoms with Crippen molar-refractivity contribution in [3.63, 3.8) is 0 Å². The fourth-order valence-corrected chi connectivity index (χ4v) is 4.84. The van der Waals surface area contributed by atoms with E-state index in [0.29, 0.717) is 11.7 Å². The molecule has 1 aliphatic heterocycles. The van der Waals surface area contributed by atoms with Gasteiger partial charge >= 0.3 is 0 Å². The second-order valence-corrected chi connectivity index (χ2v) is 9.85. The molecule has 2 aromatic carbocycles. The number of morpholine rings is 1. The highest BCUT2D eigenvalue weighted by molar-refractivity contribution is 7.80. The minimum absolute atomic E-state index is 0.0576. The van der Waals surface area contributed by atoms with Crippen molar-refractivity contribution in [1.29, 1.82) is 0 Å². The zero-order valence-electron chi connectivity index (χ0n) is 21.0. The van der Waals surface area contributed by atoms with E-state index < -0.39 is 0 Å². The van der Waals surface area contributed by atoms with E-state index in [1.165, 1.54) is 16.7 Å². The van der Waals surface area contributed by atoms with Gasteiger partial charge in [-0.25, -0.2) is 0 Å². The second-order valence-electron chi connectivity index (χ2n) is 9.46. The number of aromatic nitrogens is 1. The van der Waals surface area contributed by atoms with E-state index in [-0.39, 0.29) is 11.6 Å². The van der Waals surface area contributed by atoms with E-state index in [0.717, 1.165) is 62.3 Å². The predicted molar refractivity (Wildman–Crippen MR) is 147 cm³/mol. The number of benzene rings is 2. The Bertz CT molecular complexity index is 1200. The van der Waals surface area contributed by atoms with Crippen LogP contribution in [0.4, 0.5) is 0 Å². The van der Waals surface area contributed by atoms with E-state index in [9.17, 15) is 4.79 Å². The summed E-state index contributed by atoms with van der Waals surface area (Å²) in [6.45, 7) is 12.0. The van der Waals surface area contributed by atoms with Gasteiger partial charge < -0.3 is 19.9 Å². The summed E-state index contributed by atoms with van der Waals surface area (Å²) >= 11 is 5.87. The molecule has 0 saturated carbocycles. The Hall–Kier alpha value is -2.74. The number of hydrogen-bond donors (Lipinski definition) is 2. The molecule has 1 fully saturated rings. The highest BCUT2D eigenvalue weighted by Gasteiger charge is 2.17. The molecule has 35 heavy (non-hydrogen) atoms. The summed E-state index contributed by atoms with van der Waals surface area (Å²) in [7, 11) is 0. The van der Waals surface area contributed by atoms with Gasteiger partial charge in [-0.1, -0.05) is 30.3 Å². The average Bonchev–Trinajstić information content (AvgIpc) is 2.86. The highest BCUT2D eigenvalue weighted by atomic mass is 32.1. The average molecular weight is 493 g/mol. The minimum atomic E-state index is -0.0576. The summed E-state index contributed by atoms with van der Waals surface area (Å²) in [5.41, 5.74) is 5.11. The Balaban J connectivity index is 1.51. The molecule has 1 saturated heterocycles. The lowest BCUT2D eigenvalue weighted by molar-refractivity contribution is 0.0367. The van der Waals surface area contributed by atoms with Gasteiger partial charge in [-0.3, -0.25) is 9.69 Å². The van der Waals surface area contributed by atoms with Gasteiger partial charge in [-0.05, 0) is 79.7 Å². The molecule has 0 radical (unpaired) electrons. The molecule has 0 bridgehead atoms. The maximum Gasteiger partial charge on any atom is 0.253 e. The smallest absolute Gasteiger partial charge is 0.253 e. The molecule has 0 amide bonds. The van der Waals surface area contributed by atoms with Crippen molar-refractivity contribution in [2.45, 2.75) is 39.8 Å². The number of nitrogens with zero attached hydrogens (tertiary/aromatic N) is 2. The van der Waals surface area contributed by atoms with Crippen LogP contribution in [-0.4, -0.2) is 59.3 Å². The van der Waals surface area contributed by atoms with Crippen LogP contribution < -0.4 is 10.9 Å². The van der Waals surface area contributed by atoms with Crippen LogP contribution in [-0.2, 0) is 11.3 Å². The van der Waals surface area contributed by atoms with Gasteiger partial charge in [0.05, 0.1) is 25.8 Å². The first-order valence-corrected chi connectivity index (χ1v) is 12.8. The van der Waals surface area contributed by atoms with Gasteiger partial charge in [0.15, 0.2) is 5.11 Å². The maximum absolute atomic E-state index is 13.0. The van der Waals surface area contributed by atoms with Gasteiger partial charge in [0.1, 0.15) is 0 Å². The summed E-state index contributed by atoms with van der Waals surface area (Å²) < 4.78 is 5.47. The molecule has 186 valence electrons. The van der Waals surface area contributed by atoms with Gasteiger partial charge in [-0.2, -0.15) is 0 Å². The van der Waals surface area contributed by atoms with Crippen molar-refractivity contribution in [3.8, 4) is 0 Å². The number of thiocarbonyl (C=S) groups is 1. The number of ether oxygens (including phenoxy) is 1.